The van der Waals surface area contributed by atoms with Crippen molar-refractivity contribution in [2.24, 2.45) is 11.3 Å². The summed E-state index contributed by atoms with van der Waals surface area (Å²) in [5.41, 5.74) is 2.35. The summed E-state index contributed by atoms with van der Waals surface area (Å²) in [6.45, 7) is 10.8. The van der Waals surface area contributed by atoms with Gasteiger partial charge in [0.1, 0.15) is 12.4 Å². The summed E-state index contributed by atoms with van der Waals surface area (Å²) in [6, 6.07) is 12.9. The van der Waals surface area contributed by atoms with Crippen molar-refractivity contribution in [2.75, 3.05) is 23.4 Å². The van der Waals surface area contributed by atoms with Gasteiger partial charge in [0, 0.05) is 17.8 Å². The average Bonchev–Trinajstić information content (AvgIpc) is 2.72. The monoisotopic (exact) mass is 380 g/mol. The fourth-order valence-corrected chi connectivity index (χ4v) is 3.26. The van der Waals surface area contributed by atoms with Gasteiger partial charge in [0.05, 0.1) is 11.1 Å². The first-order valence-electron chi connectivity index (χ1n) is 9.64. The highest BCUT2D eigenvalue weighted by atomic mass is 16.5. The topological polar surface area (TPSA) is 58.6 Å². The van der Waals surface area contributed by atoms with Gasteiger partial charge >= 0.3 is 0 Å². The molecule has 2 amide bonds. The van der Waals surface area contributed by atoms with Crippen LogP contribution in [-0.2, 0) is 4.79 Å². The molecule has 0 aliphatic carbocycles. The van der Waals surface area contributed by atoms with Gasteiger partial charge in [-0.25, -0.2) is 0 Å². The highest BCUT2D eigenvalue weighted by molar-refractivity contribution is 6.05. The number of nitrogens with one attached hydrogen (secondary N) is 1. The number of carbonyl (C=O) groups is 2. The molecule has 1 aliphatic heterocycles. The number of aryl methyl sites for hydroxylation is 1. The first kappa shape index (κ1) is 19.9. The molecule has 0 fully saturated rings. The predicted molar refractivity (Wildman–Crippen MR) is 112 cm³/mol. The molecule has 0 unspecified atom stereocenters. The Labute approximate surface area is 166 Å². The van der Waals surface area contributed by atoms with Crippen LogP contribution in [0.1, 0.15) is 43.6 Å². The van der Waals surface area contributed by atoms with Crippen molar-refractivity contribution >= 4 is 23.2 Å². The molecule has 5 heteroatoms. The molecule has 2 aromatic rings. The zero-order chi connectivity index (χ0) is 20.5. The number of fused-ring (bicyclic) bond motifs is 1. The summed E-state index contributed by atoms with van der Waals surface area (Å²) < 4.78 is 5.93. The van der Waals surface area contributed by atoms with Crippen LogP contribution >= 0.6 is 0 Å². The van der Waals surface area contributed by atoms with Crippen LogP contribution in [0.4, 0.5) is 11.4 Å². The maximum Gasteiger partial charge on any atom is 0.255 e. The molecular formula is C23H28N2O3. The first-order valence-corrected chi connectivity index (χ1v) is 9.64. The molecule has 0 saturated heterocycles. The fourth-order valence-electron chi connectivity index (χ4n) is 3.26. The summed E-state index contributed by atoms with van der Waals surface area (Å²) in [6.07, 6.45) is 0. The Hall–Kier alpha value is -2.82. The molecule has 28 heavy (non-hydrogen) atoms. The van der Waals surface area contributed by atoms with Crippen LogP contribution in [0.25, 0.3) is 0 Å². The van der Waals surface area contributed by atoms with Crippen molar-refractivity contribution in [1.29, 1.82) is 0 Å². The van der Waals surface area contributed by atoms with Crippen LogP contribution in [-0.4, -0.2) is 25.0 Å². The lowest BCUT2D eigenvalue weighted by molar-refractivity contribution is -0.127. The zero-order valence-electron chi connectivity index (χ0n) is 17.2. The molecule has 0 aromatic heterocycles. The van der Waals surface area contributed by atoms with Gasteiger partial charge in [-0.05, 0) is 57.0 Å². The molecule has 0 spiro atoms. The predicted octanol–water partition coefficient (Wildman–Crippen LogP) is 4.65. The standard InChI is InChI=1S/C23H28N2O3/c1-15(2)13-25-19-12-18(24-21(26)17-8-6-7-16(3)11-17)9-10-20(19)28-14-23(4,5)22(25)27/h6-12,15H,13-14H2,1-5H3,(H,24,26). The van der Waals surface area contributed by atoms with Crippen LogP contribution < -0.4 is 15.0 Å². The molecule has 3 rings (SSSR count). The van der Waals surface area contributed by atoms with Crippen molar-refractivity contribution < 1.29 is 14.3 Å². The zero-order valence-corrected chi connectivity index (χ0v) is 17.2. The summed E-state index contributed by atoms with van der Waals surface area (Å²) >= 11 is 0. The van der Waals surface area contributed by atoms with E-state index in [1.165, 1.54) is 0 Å². The Morgan fingerprint density at radius 3 is 2.64 bits per heavy atom. The lowest BCUT2D eigenvalue weighted by atomic mass is 9.92. The van der Waals surface area contributed by atoms with Crippen molar-refractivity contribution in [3.63, 3.8) is 0 Å². The van der Waals surface area contributed by atoms with E-state index >= 15 is 0 Å². The number of hydrogen-bond acceptors (Lipinski definition) is 3. The van der Waals surface area contributed by atoms with Crippen molar-refractivity contribution in [1.82, 2.24) is 0 Å². The third-order valence-electron chi connectivity index (χ3n) is 4.75. The lowest BCUT2D eigenvalue weighted by Gasteiger charge is -2.29. The summed E-state index contributed by atoms with van der Waals surface area (Å²) in [4.78, 5) is 27.5. The highest BCUT2D eigenvalue weighted by Gasteiger charge is 2.38. The highest BCUT2D eigenvalue weighted by Crippen LogP contribution is 2.38. The fraction of sp³-hybridized carbons (Fsp3) is 0.391. The van der Waals surface area contributed by atoms with Gasteiger partial charge in [-0.2, -0.15) is 0 Å². The molecule has 0 saturated carbocycles. The molecule has 5 nitrogen and oxygen atoms in total. The Balaban J connectivity index is 1.94. The maximum absolute atomic E-state index is 13.1. The Kier molecular flexibility index (Phi) is 5.45. The number of ether oxygens (including phenoxy) is 1. The van der Waals surface area contributed by atoms with Crippen LogP contribution in [0.3, 0.4) is 0 Å². The van der Waals surface area contributed by atoms with Gasteiger partial charge in [-0.1, -0.05) is 31.5 Å². The molecule has 2 aromatic carbocycles. The van der Waals surface area contributed by atoms with Gasteiger partial charge < -0.3 is 15.0 Å². The second-order valence-electron chi connectivity index (χ2n) is 8.49. The normalized spacial score (nSPS) is 15.6. The number of anilines is 2. The molecule has 148 valence electrons. The quantitative estimate of drug-likeness (QED) is 0.840. The van der Waals surface area contributed by atoms with Gasteiger partial charge in [-0.15, -0.1) is 0 Å². The number of carbonyl (C=O) groups excluding carboxylic acids is 2. The van der Waals surface area contributed by atoms with Crippen molar-refractivity contribution in [3.8, 4) is 5.75 Å². The molecule has 0 bridgehead atoms. The van der Waals surface area contributed by atoms with E-state index in [0.717, 1.165) is 5.56 Å². The van der Waals surface area contributed by atoms with Crippen LogP contribution in [0.5, 0.6) is 5.75 Å². The molecular weight excluding hydrogens is 352 g/mol. The van der Waals surface area contributed by atoms with Crippen molar-refractivity contribution in [2.45, 2.75) is 34.6 Å². The number of amides is 2. The summed E-state index contributed by atoms with van der Waals surface area (Å²) in [5.74, 6) is 0.812. The van der Waals surface area contributed by atoms with Gasteiger partial charge in [-0.3, -0.25) is 9.59 Å². The van der Waals surface area contributed by atoms with Gasteiger partial charge in [0.25, 0.3) is 5.91 Å². The van der Waals surface area contributed by atoms with E-state index < -0.39 is 5.41 Å². The Bertz CT molecular complexity index is 902. The summed E-state index contributed by atoms with van der Waals surface area (Å²) in [5, 5.41) is 2.93. The molecule has 1 N–H and O–H groups in total. The van der Waals surface area contributed by atoms with Gasteiger partial charge in [0.15, 0.2) is 0 Å². The third kappa shape index (κ3) is 4.19. The minimum Gasteiger partial charge on any atom is -0.490 e. The second kappa shape index (κ2) is 7.66. The van der Waals surface area contributed by atoms with E-state index in [2.05, 4.69) is 19.2 Å². The maximum atomic E-state index is 13.1. The second-order valence-corrected chi connectivity index (χ2v) is 8.49. The summed E-state index contributed by atoms with van der Waals surface area (Å²) in [7, 11) is 0. The van der Waals surface area contributed by atoms with E-state index in [1.54, 1.807) is 11.0 Å². The number of rotatable bonds is 4. The largest absolute Gasteiger partial charge is 0.490 e. The molecule has 0 atom stereocenters. The smallest absolute Gasteiger partial charge is 0.255 e. The molecule has 1 heterocycles. The van der Waals surface area contributed by atoms with Gasteiger partial charge in [0.2, 0.25) is 5.91 Å². The number of hydrogen-bond donors (Lipinski definition) is 1. The van der Waals surface area contributed by atoms with E-state index in [4.69, 9.17) is 4.74 Å². The first-order chi connectivity index (χ1) is 13.2. The van der Waals surface area contributed by atoms with E-state index in [-0.39, 0.29) is 11.8 Å². The third-order valence-corrected chi connectivity index (χ3v) is 4.75. The van der Waals surface area contributed by atoms with Crippen molar-refractivity contribution in [3.05, 3.63) is 53.6 Å². The number of benzene rings is 2. The van der Waals surface area contributed by atoms with E-state index in [9.17, 15) is 9.59 Å². The molecule has 0 radical (unpaired) electrons. The minimum atomic E-state index is -0.612. The average molecular weight is 380 g/mol. The molecule has 1 aliphatic rings. The van der Waals surface area contributed by atoms with E-state index in [0.29, 0.717) is 41.8 Å². The van der Waals surface area contributed by atoms with E-state index in [1.807, 2.05) is 57.2 Å². The number of nitrogens with zero attached hydrogens (tertiary/aromatic N) is 1. The minimum absolute atomic E-state index is 0.0297. The van der Waals surface area contributed by atoms with Crippen LogP contribution in [0.2, 0.25) is 0 Å². The van der Waals surface area contributed by atoms with Crippen LogP contribution in [0.15, 0.2) is 42.5 Å². The Morgan fingerprint density at radius 1 is 1.21 bits per heavy atom. The Morgan fingerprint density at radius 2 is 1.96 bits per heavy atom. The SMILES string of the molecule is Cc1cccc(C(=O)Nc2ccc3c(c2)N(CC(C)C)C(=O)C(C)(C)CO3)c1. The lowest BCUT2D eigenvalue weighted by Crippen LogP contribution is -2.43. The van der Waals surface area contributed by atoms with Crippen LogP contribution in [0, 0.1) is 18.3 Å².